The molecule has 41 heavy (non-hydrogen) atoms. The Morgan fingerprint density at radius 1 is 1.10 bits per heavy atom. The Hall–Kier alpha value is -3.37. The van der Waals surface area contributed by atoms with Crippen LogP contribution in [0.4, 0.5) is 32.3 Å². The van der Waals surface area contributed by atoms with Crippen molar-refractivity contribution in [2.24, 2.45) is 0 Å². The van der Waals surface area contributed by atoms with Crippen LogP contribution in [-0.2, 0) is 32.7 Å². The topological polar surface area (TPSA) is 118 Å². The van der Waals surface area contributed by atoms with Crippen molar-refractivity contribution >= 4 is 16.0 Å². The van der Waals surface area contributed by atoms with Gasteiger partial charge in [0.25, 0.3) is 0 Å². The molecule has 3 N–H and O–H groups in total. The van der Waals surface area contributed by atoms with Crippen LogP contribution in [0.1, 0.15) is 54.2 Å². The van der Waals surface area contributed by atoms with Gasteiger partial charge in [0.2, 0.25) is 16.0 Å². The average molecular weight is 608 g/mol. The van der Waals surface area contributed by atoms with Crippen LogP contribution in [0.2, 0.25) is 0 Å². The van der Waals surface area contributed by atoms with Crippen LogP contribution in [-0.4, -0.2) is 42.6 Å². The van der Waals surface area contributed by atoms with Gasteiger partial charge in [-0.25, -0.2) is 18.3 Å². The third kappa shape index (κ3) is 7.11. The summed E-state index contributed by atoms with van der Waals surface area (Å²) in [5, 5.41) is 9.27. The number of nitrogens with one attached hydrogen (secondary N) is 3. The largest absolute Gasteiger partial charge is 0.416 e. The van der Waals surface area contributed by atoms with Crippen LogP contribution in [0.3, 0.4) is 0 Å². The van der Waals surface area contributed by atoms with E-state index in [2.05, 4.69) is 20.2 Å². The minimum absolute atomic E-state index is 0.0647. The lowest BCUT2D eigenvalue weighted by molar-refractivity contribution is -0.143. The van der Waals surface area contributed by atoms with E-state index in [1.165, 1.54) is 11.5 Å². The lowest BCUT2D eigenvalue weighted by Crippen LogP contribution is -2.53. The fourth-order valence-corrected chi connectivity index (χ4v) is 5.28. The highest BCUT2D eigenvalue weighted by atomic mass is 32.2. The van der Waals surface area contributed by atoms with Crippen LogP contribution in [0.5, 0.6) is 0 Å². The molecular weight excluding hydrogens is 580 g/mol. The van der Waals surface area contributed by atoms with Gasteiger partial charge in [-0.05, 0) is 49.1 Å². The van der Waals surface area contributed by atoms with E-state index in [0.717, 1.165) is 11.8 Å². The second-order valence-corrected chi connectivity index (χ2v) is 11.7. The quantitative estimate of drug-likeness (QED) is 0.323. The van der Waals surface area contributed by atoms with E-state index < -0.39 is 56.9 Å². The molecule has 224 valence electrons. The molecule has 1 fully saturated rings. The number of piperidine rings is 1. The predicted molar refractivity (Wildman–Crippen MR) is 137 cm³/mol. The van der Waals surface area contributed by atoms with Crippen molar-refractivity contribution in [3.63, 3.8) is 0 Å². The van der Waals surface area contributed by atoms with Crippen molar-refractivity contribution in [3.8, 4) is 0 Å². The molecule has 0 saturated carbocycles. The molecule has 1 saturated heterocycles. The highest BCUT2D eigenvalue weighted by Gasteiger charge is 2.40. The van der Waals surface area contributed by atoms with Crippen LogP contribution in [0.15, 0.2) is 53.3 Å². The summed E-state index contributed by atoms with van der Waals surface area (Å²) in [4.78, 5) is 12.4. The van der Waals surface area contributed by atoms with Gasteiger partial charge in [-0.3, -0.25) is 9.29 Å². The number of benzene rings is 2. The highest BCUT2D eigenvalue weighted by molar-refractivity contribution is 7.92. The summed E-state index contributed by atoms with van der Waals surface area (Å²) >= 11 is 0. The highest BCUT2D eigenvalue weighted by Crippen LogP contribution is 2.39. The Labute approximate surface area is 231 Å². The molecule has 3 aromatic rings. The van der Waals surface area contributed by atoms with E-state index in [0.29, 0.717) is 25.0 Å². The SMILES string of the molecule is C[C@@H](OC[C@@]1(c2ccccc2)CC[C@@H](n2c(NS(C)(=O)=O)n[nH]c2=O)CN1)c1cc(C(F)(F)F)cc(C(F)(F)F)c1. The van der Waals surface area contributed by atoms with Crippen LogP contribution < -0.4 is 15.7 Å². The summed E-state index contributed by atoms with van der Waals surface area (Å²) in [5.41, 5.74) is -3.95. The maximum Gasteiger partial charge on any atom is 0.416 e. The molecule has 0 radical (unpaired) electrons. The lowest BCUT2D eigenvalue weighted by Gasteiger charge is -2.42. The van der Waals surface area contributed by atoms with Crippen molar-refractivity contribution in [1.82, 2.24) is 20.1 Å². The Bertz CT molecular complexity index is 1500. The van der Waals surface area contributed by atoms with E-state index in [9.17, 15) is 39.6 Å². The number of aromatic amines is 1. The molecule has 0 spiro atoms. The molecule has 4 rings (SSSR count). The standard InChI is InChI=1S/C25H27F6N5O4S/c1-15(16-10-18(24(26,27)28)12-19(11-16)25(29,30)31)40-14-23(17-6-4-3-5-7-17)9-8-20(13-32-23)36-21(33-34-22(36)37)35-41(2,38)39/h3-7,10-12,15,20,32H,8-9,13-14H2,1-2H3,(H,33,35)(H,34,37)/t15-,20-,23-/m1/s1. The summed E-state index contributed by atoms with van der Waals surface area (Å²) in [6.07, 6.45) is -9.55. The number of sulfonamides is 1. The van der Waals surface area contributed by atoms with Crippen molar-refractivity contribution in [2.45, 2.75) is 49.8 Å². The summed E-state index contributed by atoms with van der Waals surface area (Å²) in [5.74, 6) is -0.189. The van der Waals surface area contributed by atoms with Crippen LogP contribution in [0.25, 0.3) is 0 Å². The molecule has 3 atom stereocenters. The molecular formula is C25H27F6N5O4S. The van der Waals surface area contributed by atoms with Gasteiger partial charge in [0.05, 0.1) is 41.7 Å². The minimum atomic E-state index is -4.99. The number of anilines is 1. The molecule has 0 aliphatic carbocycles. The van der Waals surface area contributed by atoms with Gasteiger partial charge in [0.1, 0.15) is 0 Å². The zero-order chi connectivity index (χ0) is 30.2. The smallest absolute Gasteiger partial charge is 0.372 e. The van der Waals surface area contributed by atoms with Crippen molar-refractivity contribution in [3.05, 3.63) is 81.3 Å². The summed E-state index contributed by atoms with van der Waals surface area (Å²) in [7, 11) is -3.73. The van der Waals surface area contributed by atoms with Gasteiger partial charge < -0.3 is 10.1 Å². The number of nitrogens with zero attached hydrogens (tertiary/aromatic N) is 2. The molecule has 1 aliphatic heterocycles. The zero-order valence-corrected chi connectivity index (χ0v) is 22.6. The Morgan fingerprint density at radius 2 is 1.71 bits per heavy atom. The van der Waals surface area contributed by atoms with Crippen molar-refractivity contribution < 1.29 is 39.5 Å². The fourth-order valence-electron chi connectivity index (χ4n) is 4.81. The molecule has 1 aromatic heterocycles. The number of hydrogen-bond donors (Lipinski definition) is 3. The molecule has 16 heteroatoms. The normalized spacial score (nSPS) is 21.0. The van der Waals surface area contributed by atoms with Crippen LogP contribution in [0, 0.1) is 0 Å². The van der Waals surface area contributed by atoms with Crippen molar-refractivity contribution in [1.29, 1.82) is 0 Å². The second kappa shape index (κ2) is 11.1. The maximum absolute atomic E-state index is 13.4. The van der Waals surface area contributed by atoms with Gasteiger partial charge >= 0.3 is 18.0 Å². The molecule has 2 heterocycles. The first-order valence-corrected chi connectivity index (χ1v) is 14.2. The number of aromatic nitrogens is 3. The van der Waals surface area contributed by atoms with E-state index in [4.69, 9.17) is 4.74 Å². The number of rotatable bonds is 8. The van der Waals surface area contributed by atoms with Gasteiger partial charge in [-0.2, -0.15) is 26.3 Å². The third-order valence-corrected chi connectivity index (χ3v) is 7.47. The first kappa shape index (κ1) is 30.6. The molecule has 0 unspecified atom stereocenters. The Morgan fingerprint density at radius 3 is 2.22 bits per heavy atom. The van der Waals surface area contributed by atoms with Gasteiger partial charge in [0.15, 0.2) is 0 Å². The second-order valence-electron chi connectivity index (χ2n) is 9.91. The number of H-pyrrole nitrogens is 1. The number of alkyl halides is 6. The van der Waals surface area contributed by atoms with Crippen molar-refractivity contribution in [2.75, 3.05) is 24.1 Å². The number of hydrogen-bond acceptors (Lipinski definition) is 6. The monoisotopic (exact) mass is 607 g/mol. The Balaban J connectivity index is 1.59. The zero-order valence-electron chi connectivity index (χ0n) is 21.8. The predicted octanol–water partition coefficient (Wildman–Crippen LogP) is 4.58. The maximum atomic E-state index is 13.4. The molecule has 9 nitrogen and oxygen atoms in total. The summed E-state index contributed by atoms with van der Waals surface area (Å²) < 4.78 is 113. The van der Waals surface area contributed by atoms with E-state index in [1.54, 1.807) is 30.3 Å². The summed E-state index contributed by atoms with van der Waals surface area (Å²) in [6.45, 7) is 1.39. The molecule has 0 bridgehead atoms. The first-order valence-electron chi connectivity index (χ1n) is 12.3. The van der Waals surface area contributed by atoms with Gasteiger partial charge in [-0.1, -0.05) is 30.3 Å². The summed E-state index contributed by atoms with van der Waals surface area (Å²) in [6, 6.07) is 9.73. The van der Waals surface area contributed by atoms with E-state index in [-0.39, 0.29) is 30.7 Å². The number of halogens is 6. The van der Waals surface area contributed by atoms with E-state index in [1.807, 2.05) is 0 Å². The average Bonchev–Trinajstić information content (AvgIpc) is 3.24. The fraction of sp³-hybridized carbons (Fsp3) is 0.440. The first-order chi connectivity index (χ1) is 19.0. The number of ether oxygens (including phenoxy) is 1. The lowest BCUT2D eigenvalue weighted by atomic mass is 9.81. The van der Waals surface area contributed by atoms with Crippen LogP contribution >= 0.6 is 0 Å². The molecule has 2 aromatic carbocycles. The third-order valence-electron chi connectivity index (χ3n) is 6.91. The minimum Gasteiger partial charge on any atom is -0.372 e. The van der Waals surface area contributed by atoms with Gasteiger partial charge in [-0.15, -0.1) is 5.10 Å². The molecule has 0 amide bonds. The van der Waals surface area contributed by atoms with Gasteiger partial charge in [0, 0.05) is 6.54 Å². The molecule has 1 aliphatic rings. The van der Waals surface area contributed by atoms with E-state index >= 15 is 0 Å². The Kier molecular flexibility index (Phi) is 8.30.